The highest BCUT2D eigenvalue weighted by Crippen LogP contribution is 2.33. The number of rotatable bonds is 8. The molecule has 2 aliphatic rings. The van der Waals surface area contributed by atoms with Crippen LogP contribution in [0.25, 0.3) is 0 Å². The maximum atomic E-state index is 12.1. The van der Waals surface area contributed by atoms with Crippen LogP contribution in [-0.2, 0) is 11.3 Å². The molecule has 3 rings (SSSR count). The second-order valence-corrected chi connectivity index (χ2v) is 6.87. The second-order valence-electron chi connectivity index (χ2n) is 6.87. The number of benzene rings is 1. The van der Waals surface area contributed by atoms with Gasteiger partial charge in [-0.3, -0.25) is 4.79 Å². The fourth-order valence-electron chi connectivity index (χ4n) is 3.18. The summed E-state index contributed by atoms with van der Waals surface area (Å²) in [5.74, 6) is 2.20. The molecule has 1 saturated carbocycles. The molecule has 132 valence electrons. The fourth-order valence-corrected chi connectivity index (χ4v) is 3.18. The number of hydrogen-bond acceptors (Lipinski definition) is 4. The zero-order valence-electron chi connectivity index (χ0n) is 14.7. The number of carbonyl (C=O) groups is 1. The lowest BCUT2D eigenvalue weighted by atomic mass is 10.1. The highest BCUT2D eigenvalue weighted by molar-refractivity contribution is 5.78. The smallest absolute Gasteiger partial charge is 0.260 e. The van der Waals surface area contributed by atoms with Crippen molar-refractivity contribution in [3.63, 3.8) is 0 Å². The molecule has 5 nitrogen and oxygen atoms in total. The van der Waals surface area contributed by atoms with Gasteiger partial charge >= 0.3 is 0 Å². The quantitative estimate of drug-likeness (QED) is 0.795. The Bertz CT molecular complexity index is 566. The van der Waals surface area contributed by atoms with Crippen LogP contribution in [-0.4, -0.2) is 43.7 Å². The van der Waals surface area contributed by atoms with E-state index in [1.807, 2.05) is 23.1 Å². The number of nitrogens with zero attached hydrogens (tertiary/aromatic N) is 1. The minimum absolute atomic E-state index is 0.0542. The van der Waals surface area contributed by atoms with Gasteiger partial charge < -0.3 is 19.7 Å². The van der Waals surface area contributed by atoms with E-state index in [0.29, 0.717) is 17.5 Å². The monoisotopic (exact) mass is 332 g/mol. The van der Waals surface area contributed by atoms with E-state index >= 15 is 0 Å². The molecule has 1 amide bonds. The zero-order chi connectivity index (χ0) is 16.9. The summed E-state index contributed by atoms with van der Waals surface area (Å²) in [5.41, 5.74) is 1.16. The molecule has 1 unspecified atom stereocenters. The van der Waals surface area contributed by atoms with Gasteiger partial charge in [0.1, 0.15) is 0 Å². The van der Waals surface area contributed by atoms with Gasteiger partial charge in [-0.1, -0.05) is 6.07 Å². The lowest BCUT2D eigenvalue weighted by molar-refractivity contribution is -0.132. The second kappa shape index (κ2) is 7.88. The van der Waals surface area contributed by atoms with Crippen LogP contribution in [0.15, 0.2) is 18.2 Å². The normalized spacial score (nSPS) is 18.5. The first kappa shape index (κ1) is 17.1. The first-order valence-electron chi connectivity index (χ1n) is 8.98. The third kappa shape index (κ3) is 4.41. The largest absolute Gasteiger partial charge is 0.493 e. The number of methoxy groups -OCH3 is 1. The first-order chi connectivity index (χ1) is 11.7. The Labute approximate surface area is 144 Å². The molecular weight excluding hydrogens is 304 g/mol. The van der Waals surface area contributed by atoms with Crippen molar-refractivity contribution in [2.75, 3.05) is 26.8 Å². The van der Waals surface area contributed by atoms with E-state index in [-0.39, 0.29) is 12.5 Å². The Morgan fingerprint density at radius 1 is 1.29 bits per heavy atom. The van der Waals surface area contributed by atoms with Gasteiger partial charge in [0.15, 0.2) is 18.1 Å². The Balaban J connectivity index is 1.53. The number of ether oxygens (including phenoxy) is 2. The highest BCUT2D eigenvalue weighted by Gasteiger charge is 2.27. The van der Waals surface area contributed by atoms with Crippen LogP contribution in [0.1, 0.15) is 38.2 Å². The third-order valence-electron chi connectivity index (χ3n) is 5.00. The van der Waals surface area contributed by atoms with Gasteiger partial charge in [-0.25, -0.2) is 0 Å². The Kier molecular flexibility index (Phi) is 5.61. The summed E-state index contributed by atoms with van der Waals surface area (Å²) < 4.78 is 11.1. The van der Waals surface area contributed by atoms with E-state index in [4.69, 9.17) is 9.47 Å². The molecule has 1 aromatic rings. The predicted molar refractivity (Wildman–Crippen MR) is 93.3 cm³/mol. The van der Waals surface area contributed by atoms with Crippen LogP contribution in [0.3, 0.4) is 0 Å². The van der Waals surface area contributed by atoms with Crippen molar-refractivity contribution in [3.8, 4) is 11.5 Å². The topological polar surface area (TPSA) is 50.8 Å². The standard InChI is InChI=1S/C19H28N2O3/c1-14(16-6-7-16)20-12-15-5-8-17(18(11-15)23-2)24-13-19(22)21-9-3-4-10-21/h5,8,11,14,16,20H,3-4,6-7,9-10,12-13H2,1-2H3. The molecular formula is C19H28N2O3. The summed E-state index contributed by atoms with van der Waals surface area (Å²) in [6, 6.07) is 6.48. The van der Waals surface area contributed by atoms with Gasteiger partial charge in [-0.2, -0.15) is 0 Å². The highest BCUT2D eigenvalue weighted by atomic mass is 16.5. The van der Waals surface area contributed by atoms with E-state index in [1.165, 1.54) is 12.8 Å². The van der Waals surface area contributed by atoms with Gasteiger partial charge in [-0.15, -0.1) is 0 Å². The molecule has 5 heteroatoms. The van der Waals surface area contributed by atoms with Crippen molar-refractivity contribution in [1.29, 1.82) is 0 Å². The summed E-state index contributed by atoms with van der Waals surface area (Å²) in [5, 5.41) is 3.56. The summed E-state index contributed by atoms with van der Waals surface area (Å²) in [6.07, 6.45) is 4.87. The summed E-state index contributed by atoms with van der Waals surface area (Å²) in [4.78, 5) is 13.9. The average molecular weight is 332 g/mol. The van der Waals surface area contributed by atoms with Crippen molar-refractivity contribution < 1.29 is 14.3 Å². The minimum atomic E-state index is 0.0542. The van der Waals surface area contributed by atoms with Crippen molar-refractivity contribution in [1.82, 2.24) is 10.2 Å². The predicted octanol–water partition coefficient (Wildman–Crippen LogP) is 2.58. The number of carbonyl (C=O) groups excluding carboxylic acids is 1. The van der Waals surface area contributed by atoms with Crippen molar-refractivity contribution in [2.24, 2.45) is 5.92 Å². The number of hydrogen-bond donors (Lipinski definition) is 1. The Hall–Kier alpha value is -1.75. The maximum Gasteiger partial charge on any atom is 0.260 e. The van der Waals surface area contributed by atoms with Crippen LogP contribution < -0.4 is 14.8 Å². The van der Waals surface area contributed by atoms with Crippen LogP contribution >= 0.6 is 0 Å². The first-order valence-corrected chi connectivity index (χ1v) is 8.98. The molecule has 2 fully saturated rings. The lowest BCUT2D eigenvalue weighted by Crippen LogP contribution is -2.32. The molecule has 0 spiro atoms. The van der Waals surface area contributed by atoms with Gasteiger partial charge in [0.2, 0.25) is 0 Å². The molecule has 1 N–H and O–H groups in total. The van der Waals surface area contributed by atoms with Crippen LogP contribution in [0, 0.1) is 5.92 Å². The van der Waals surface area contributed by atoms with E-state index in [0.717, 1.165) is 44.0 Å². The molecule has 1 saturated heterocycles. The summed E-state index contributed by atoms with van der Waals surface area (Å²) >= 11 is 0. The molecule has 1 aromatic carbocycles. The van der Waals surface area contributed by atoms with E-state index < -0.39 is 0 Å². The Morgan fingerprint density at radius 3 is 2.71 bits per heavy atom. The molecule has 0 aromatic heterocycles. The molecule has 0 radical (unpaired) electrons. The van der Waals surface area contributed by atoms with E-state index in [9.17, 15) is 4.79 Å². The van der Waals surface area contributed by atoms with E-state index in [2.05, 4.69) is 12.2 Å². The number of nitrogens with one attached hydrogen (secondary N) is 1. The van der Waals surface area contributed by atoms with Gasteiger partial charge in [0, 0.05) is 25.7 Å². The fraction of sp³-hybridized carbons (Fsp3) is 0.632. The van der Waals surface area contributed by atoms with Gasteiger partial charge in [0.05, 0.1) is 7.11 Å². The molecule has 1 aliphatic carbocycles. The SMILES string of the molecule is COc1cc(CNC(C)C2CC2)ccc1OCC(=O)N1CCCC1. The molecule has 24 heavy (non-hydrogen) atoms. The molecule has 1 heterocycles. The Morgan fingerprint density at radius 2 is 2.04 bits per heavy atom. The van der Waals surface area contributed by atoms with Crippen molar-refractivity contribution in [3.05, 3.63) is 23.8 Å². The average Bonchev–Trinajstić information content (AvgIpc) is 3.32. The number of amides is 1. The van der Waals surface area contributed by atoms with E-state index in [1.54, 1.807) is 7.11 Å². The van der Waals surface area contributed by atoms with Gasteiger partial charge in [-0.05, 0) is 56.2 Å². The number of likely N-dealkylation sites (tertiary alicyclic amines) is 1. The van der Waals surface area contributed by atoms with Crippen molar-refractivity contribution >= 4 is 5.91 Å². The zero-order valence-corrected chi connectivity index (χ0v) is 14.7. The lowest BCUT2D eigenvalue weighted by Gasteiger charge is -2.17. The maximum absolute atomic E-state index is 12.1. The van der Waals surface area contributed by atoms with Crippen LogP contribution in [0.5, 0.6) is 11.5 Å². The third-order valence-corrected chi connectivity index (χ3v) is 5.00. The van der Waals surface area contributed by atoms with Crippen molar-refractivity contribution in [2.45, 2.75) is 45.2 Å². The van der Waals surface area contributed by atoms with Gasteiger partial charge in [0.25, 0.3) is 5.91 Å². The van der Waals surface area contributed by atoms with Crippen LogP contribution in [0.2, 0.25) is 0 Å². The molecule has 1 aliphatic heterocycles. The minimum Gasteiger partial charge on any atom is -0.493 e. The van der Waals surface area contributed by atoms with Crippen LogP contribution in [0.4, 0.5) is 0 Å². The molecule has 1 atom stereocenters. The summed E-state index contributed by atoms with van der Waals surface area (Å²) in [6.45, 7) is 4.84. The molecule has 0 bridgehead atoms. The summed E-state index contributed by atoms with van der Waals surface area (Å²) in [7, 11) is 1.63.